The fourth-order valence-corrected chi connectivity index (χ4v) is 2.52. The molecule has 0 heterocycles. The third kappa shape index (κ3) is 1.52. The van der Waals surface area contributed by atoms with Gasteiger partial charge in [-0.1, -0.05) is 42.5 Å². The van der Waals surface area contributed by atoms with Crippen LogP contribution in [0, 0.1) is 20.8 Å². The summed E-state index contributed by atoms with van der Waals surface area (Å²) in [5, 5.41) is 5.44. The second kappa shape index (κ2) is 3.59. The molecule has 0 saturated carbocycles. The van der Waals surface area contributed by atoms with Crippen LogP contribution >= 0.6 is 0 Å². The van der Waals surface area contributed by atoms with Crippen LogP contribution in [0.1, 0.15) is 16.7 Å². The van der Waals surface area contributed by atoms with Crippen molar-refractivity contribution in [2.75, 3.05) is 0 Å². The van der Waals surface area contributed by atoms with Crippen LogP contribution < -0.4 is 0 Å². The Kier molecular flexibility index (Phi) is 2.19. The molecule has 0 aliphatic heterocycles. The van der Waals surface area contributed by atoms with Crippen LogP contribution in [0.2, 0.25) is 0 Å². The Bertz CT molecular complexity index is 721. The molecule has 0 N–H and O–H groups in total. The molecule has 3 aromatic carbocycles. The van der Waals surface area contributed by atoms with E-state index in [2.05, 4.69) is 63.2 Å². The highest BCUT2D eigenvalue weighted by atomic mass is 14.1. The molecule has 0 nitrogen and oxygen atoms in total. The SMILES string of the molecule is Cc1cc2ccc3c(C)cccc3c2cc1C. The summed E-state index contributed by atoms with van der Waals surface area (Å²) in [5.74, 6) is 0. The highest BCUT2D eigenvalue weighted by Gasteiger charge is 2.03. The molecule has 0 aromatic heterocycles. The predicted octanol–water partition coefficient (Wildman–Crippen LogP) is 4.92. The van der Waals surface area contributed by atoms with Gasteiger partial charge in [0.2, 0.25) is 0 Å². The topological polar surface area (TPSA) is 0 Å². The summed E-state index contributed by atoms with van der Waals surface area (Å²) < 4.78 is 0. The largest absolute Gasteiger partial charge is 0.0613 e. The summed E-state index contributed by atoms with van der Waals surface area (Å²) in [5.41, 5.74) is 4.08. The van der Waals surface area contributed by atoms with Gasteiger partial charge < -0.3 is 0 Å². The molecule has 0 atom stereocenters. The van der Waals surface area contributed by atoms with Crippen LogP contribution in [0.15, 0.2) is 42.5 Å². The molecular weight excluding hydrogens is 204 g/mol. The lowest BCUT2D eigenvalue weighted by Gasteiger charge is -2.09. The fourth-order valence-electron chi connectivity index (χ4n) is 2.52. The van der Waals surface area contributed by atoms with Crippen LogP contribution in [0.5, 0.6) is 0 Å². The van der Waals surface area contributed by atoms with E-state index in [-0.39, 0.29) is 0 Å². The van der Waals surface area contributed by atoms with E-state index in [4.69, 9.17) is 0 Å². The lowest BCUT2D eigenvalue weighted by molar-refractivity contribution is 1.37. The van der Waals surface area contributed by atoms with E-state index in [0.29, 0.717) is 0 Å². The van der Waals surface area contributed by atoms with Crippen LogP contribution in [-0.2, 0) is 0 Å². The fraction of sp³-hybridized carbons (Fsp3) is 0.176. The van der Waals surface area contributed by atoms with E-state index in [1.165, 1.54) is 38.2 Å². The summed E-state index contributed by atoms with van der Waals surface area (Å²) in [6.45, 7) is 6.54. The maximum Gasteiger partial charge on any atom is -0.0102 e. The molecule has 3 aromatic rings. The van der Waals surface area contributed by atoms with Crippen molar-refractivity contribution >= 4 is 21.5 Å². The third-order valence-corrected chi connectivity index (χ3v) is 3.71. The second-order valence-electron chi connectivity index (χ2n) is 4.89. The van der Waals surface area contributed by atoms with Gasteiger partial charge in [-0.3, -0.25) is 0 Å². The molecule has 0 saturated heterocycles. The number of benzene rings is 3. The summed E-state index contributed by atoms with van der Waals surface area (Å²) in [4.78, 5) is 0. The van der Waals surface area contributed by atoms with Crippen molar-refractivity contribution in [2.45, 2.75) is 20.8 Å². The van der Waals surface area contributed by atoms with Gasteiger partial charge in [-0.05, 0) is 59.0 Å². The molecular formula is C17H16. The van der Waals surface area contributed by atoms with Gasteiger partial charge in [0.25, 0.3) is 0 Å². The van der Waals surface area contributed by atoms with Crippen molar-refractivity contribution in [1.82, 2.24) is 0 Å². The molecule has 0 amide bonds. The number of rotatable bonds is 0. The quantitative estimate of drug-likeness (QED) is 0.472. The first-order chi connectivity index (χ1) is 8.16. The Hall–Kier alpha value is -1.82. The van der Waals surface area contributed by atoms with Crippen LogP contribution in [0.4, 0.5) is 0 Å². The summed E-state index contributed by atoms with van der Waals surface area (Å²) in [7, 11) is 0. The predicted molar refractivity (Wildman–Crippen MR) is 75.7 cm³/mol. The van der Waals surface area contributed by atoms with E-state index in [1.807, 2.05) is 0 Å². The van der Waals surface area contributed by atoms with Gasteiger partial charge in [-0.15, -0.1) is 0 Å². The van der Waals surface area contributed by atoms with Gasteiger partial charge >= 0.3 is 0 Å². The summed E-state index contributed by atoms with van der Waals surface area (Å²) in [6, 6.07) is 15.6. The zero-order chi connectivity index (χ0) is 12.0. The Labute approximate surface area is 102 Å². The Morgan fingerprint density at radius 2 is 1.35 bits per heavy atom. The molecule has 0 aliphatic rings. The Morgan fingerprint density at radius 1 is 0.588 bits per heavy atom. The van der Waals surface area contributed by atoms with Crippen LogP contribution in [0.25, 0.3) is 21.5 Å². The second-order valence-corrected chi connectivity index (χ2v) is 4.89. The molecule has 0 spiro atoms. The Morgan fingerprint density at radius 3 is 2.18 bits per heavy atom. The van der Waals surface area contributed by atoms with Gasteiger partial charge in [-0.25, -0.2) is 0 Å². The van der Waals surface area contributed by atoms with Crippen LogP contribution in [0.3, 0.4) is 0 Å². The van der Waals surface area contributed by atoms with E-state index in [1.54, 1.807) is 0 Å². The molecule has 3 rings (SSSR count). The summed E-state index contributed by atoms with van der Waals surface area (Å²) in [6.07, 6.45) is 0. The average molecular weight is 220 g/mol. The highest BCUT2D eigenvalue weighted by Crippen LogP contribution is 2.29. The first-order valence-electron chi connectivity index (χ1n) is 6.06. The normalized spacial score (nSPS) is 11.2. The van der Waals surface area contributed by atoms with Crippen molar-refractivity contribution in [3.05, 3.63) is 59.2 Å². The van der Waals surface area contributed by atoms with Gasteiger partial charge in [-0.2, -0.15) is 0 Å². The van der Waals surface area contributed by atoms with Gasteiger partial charge in [0.15, 0.2) is 0 Å². The van der Waals surface area contributed by atoms with Crippen molar-refractivity contribution < 1.29 is 0 Å². The van der Waals surface area contributed by atoms with Gasteiger partial charge in [0.05, 0.1) is 0 Å². The number of hydrogen-bond acceptors (Lipinski definition) is 0. The third-order valence-electron chi connectivity index (χ3n) is 3.71. The smallest absolute Gasteiger partial charge is 0.0102 e. The molecule has 17 heavy (non-hydrogen) atoms. The molecule has 0 heteroatoms. The molecule has 0 unspecified atom stereocenters. The monoisotopic (exact) mass is 220 g/mol. The first kappa shape index (κ1) is 10.3. The molecule has 0 radical (unpaired) electrons. The lowest BCUT2D eigenvalue weighted by atomic mass is 9.96. The minimum absolute atomic E-state index is 1.34. The standard InChI is InChI=1S/C17H16/c1-11-5-4-6-16-15(11)8-7-14-9-12(2)13(3)10-17(14)16/h4-10H,1-3H3. The molecule has 0 aliphatic carbocycles. The van der Waals surface area contributed by atoms with E-state index >= 15 is 0 Å². The minimum Gasteiger partial charge on any atom is -0.0613 e. The minimum atomic E-state index is 1.34. The number of hydrogen-bond donors (Lipinski definition) is 0. The van der Waals surface area contributed by atoms with Gasteiger partial charge in [0, 0.05) is 0 Å². The zero-order valence-electron chi connectivity index (χ0n) is 10.5. The average Bonchev–Trinajstić information content (AvgIpc) is 2.31. The molecule has 0 fully saturated rings. The lowest BCUT2D eigenvalue weighted by Crippen LogP contribution is -1.85. The van der Waals surface area contributed by atoms with Crippen LogP contribution in [-0.4, -0.2) is 0 Å². The first-order valence-corrected chi connectivity index (χ1v) is 6.06. The van der Waals surface area contributed by atoms with Crippen molar-refractivity contribution in [3.8, 4) is 0 Å². The Balaban J connectivity index is 2.55. The number of fused-ring (bicyclic) bond motifs is 3. The van der Waals surface area contributed by atoms with Gasteiger partial charge in [0.1, 0.15) is 0 Å². The zero-order valence-corrected chi connectivity index (χ0v) is 10.5. The molecule has 84 valence electrons. The van der Waals surface area contributed by atoms with Crippen molar-refractivity contribution in [2.24, 2.45) is 0 Å². The highest BCUT2D eigenvalue weighted by molar-refractivity contribution is 6.08. The maximum absolute atomic E-state index is 2.31. The summed E-state index contributed by atoms with van der Waals surface area (Å²) >= 11 is 0. The van der Waals surface area contributed by atoms with Crippen molar-refractivity contribution in [3.63, 3.8) is 0 Å². The maximum atomic E-state index is 2.31. The van der Waals surface area contributed by atoms with Crippen molar-refractivity contribution in [1.29, 1.82) is 0 Å². The van der Waals surface area contributed by atoms with E-state index in [9.17, 15) is 0 Å². The number of aryl methyl sites for hydroxylation is 3. The van der Waals surface area contributed by atoms with E-state index in [0.717, 1.165) is 0 Å². The molecule has 0 bridgehead atoms. The van der Waals surface area contributed by atoms with E-state index < -0.39 is 0 Å².